The minimum absolute atomic E-state index is 0.192. The molecule has 3 rings (SSSR count). The van der Waals surface area contributed by atoms with E-state index in [0.29, 0.717) is 12.2 Å². The highest BCUT2D eigenvalue weighted by molar-refractivity contribution is 5.91. The molecule has 1 aliphatic rings. The first-order chi connectivity index (χ1) is 12.1. The molecule has 132 valence electrons. The number of likely N-dealkylation sites (tertiary alicyclic amines) is 1. The van der Waals surface area contributed by atoms with Crippen molar-refractivity contribution >= 4 is 5.91 Å². The number of nitrogens with zero attached hydrogens (tertiary/aromatic N) is 3. The average Bonchev–Trinajstić information content (AvgIpc) is 2.60. The van der Waals surface area contributed by atoms with Crippen LogP contribution in [0.25, 0.3) is 0 Å². The molecule has 1 N–H and O–H groups in total. The SMILES string of the molecule is CC1CC(C)CN(Cc2ccccc2CNC(=O)c2cnccn2)C1. The van der Waals surface area contributed by atoms with Gasteiger partial charge in [-0.15, -0.1) is 0 Å². The van der Waals surface area contributed by atoms with Crippen LogP contribution in [0.15, 0.2) is 42.9 Å². The van der Waals surface area contributed by atoms with Gasteiger partial charge in [-0.1, -0.05) is 38.1 Å². The van der Waals surface area contributed by atoms with Crippen molar-refractivity contribution < 1.29 is 4.79 Å². The first-order valence-corrected chi connectivity index (χ1v) is 8.95. The van der Waals surface area contributed by atoms with Crippen LogP contribution >= 0.6 is 0 Å². The monoisotopic (exact) mass is 338 g/mol. The molecule has 0 saturated carbocycles. The number of piperidine rings is 1. The van der Waals surface area contributed by atoms with Crippen LogP contribution in [0.1, 0.15) is 41.9 Å². The third-order valence-corrected chi connectivity index (χ3v) is 4.69. The van der Waals surface area contributed by atoms with E-state index in [1.165, 1.54) is 24.4 Å². The van der Waals surface area contributed by atoms with Crippen LogP contribution in [0.4, 0.5) is 0 Å². The Balaban J connectivity index is 1.64. The van der Waals surface area contributed by atoms with Gasteiger partial charge in [-0.05, 0) is 29.4 Å². The second-order valence-corrected chi connectivity index (χ2v) is 7.18. The van der Waals surface area contributed by atoms with Crippen LogP contribution in [0.5, 0.6) is 0 Å². The van der Waals surface area contributed by atoms with E-state index in [1.54, 1.807) is 6.20 Å². The maximum absolute atomic E-state index is 12.2. The third kappa shape index (κ3) is 4.86. The van der Waals surface area contributed by atoms with Crippen LogP contribution in [-0.4, -0.2) is 33.9 Å². The van der Waals surface area contributed by atoms with Gasteiger partial charge in [-0.3, -0.25) is 14.7 Å². The molecule has 0 bridgehead atoms. The van der Waals surface area contributed by atoms with Crippen molar-refractivity contribution in [2.24, 2.45) is 11.8 Å². The molecule has 2 unspecified atom stereocenters. The second kappa shape index (κ2) is 8.21. The molecular formula is C20H26N4O. The van der Waals surface area contributed by atoms with Crippen LogP contribution in [0.3, 0.4) is 0 Å². The topological polar surface area (TPSA) is 58.1 Å². The van der Waals surface area contributed by atoms with Crippen molar-refractivity contribution in [2.45, 2.75) is 33.4 Å². The predicted octanol–water partition coefficient (Wildman–Crippen LogP) is 2.88. The smallest absolute Gasteiger partial charge is 0.271 e. The fraction of sp³-hybridized carbons (Fsp3) is 0.450. The highest BCUT2D eigenvalue weighted by Gasteiger charge is 2.22. The molecule has 1 fully saturated rings. The number of carbonyl (C=O) groups excluding carboxylic acids is 1. The molecule has 1 saturated heterocycles. The Bertz CT molecular complexity index is 694. The van der Waals surface area contributed by atoms with E-state index in [-0.39, 0.29) is 5.91 Å². The van der Waals surface area contributed by atoms with Gasteiger partial charge in [0.1, 0.15) is 5.69 Å². The summed E-state index contributed by atoms with van der Waals surface area (Å²) >= 11 is 0. The van der Waals surface area contributed by atoms with Gasteiger partial charge in [0.15, 0.2) is 0 Å². The lowest BCUT2D eigenvalue weighted by Gasteiger charge is -2.35. The summed E-state index contributed by atoms with van der Waals surface area (Å²) < 4.78 is 0. The van der Waals surface area contributed by atoms with E-state index in [1.807, 2.05) is 6.07 Å². The number of hydrogen-bond donors (Lipinski definition) is 1. The summed E-state index contributed by atoms with van der Waals surface area (Å²) in [5, 5.41) is 2.95. The zero-order chi connectivity index (χ0) is 17.6. The Morgan fingerprint density at radius 3 is 2.56 bits per heavy atom. The number of hydrogen-bond acceptors (Lipinski definition) is 4. The van der Waals surface area contributed by atoms with Gasteiger partial charge >= 0.3 is 0 Å². The molecule has 1 aliphatic heterocycles. The predicted molar refractivity (Wildman–Crippen MR) is 97.9 cm³/mol. The molecule has 0 spiro atoms. The minimum atomic E-state index is -0.192. The van der Waals surface area contributed by atoms with Gasteiger partial charge < -0.3 is 5.32 Å². The maximum atomic E-state index is 12.2. The van der Waals surface area contributed by atoms with Gasteiger partial charge in [-0.2, -0.15) is 0 Å². The molecule has 1 aromatic carbocycles. The van der Waals surface area contributed by atoms with Crippen LogP contribution in [0.2, 0.25) is 0 Å². The fourth-order valence-corrected chi connectivity index (χ4v) is 3.73. The van der Waals surface area contributed by atoms with E-state index in [2.05, 4.69) is 52.2 Å². The standard InChI is InChI=1S/C20H26N4O/c1-15-9-16(2)13-24(12-15)14-18-6-4-3-5-17(18)10-23-20(25)19-11-21-7-8-22-19/h3-8,11,15-16H,9-10,12-14H2,1-2H3,(H,23,25). The molecule has 25 heavy (non-hydrogen) atoms. The number of nitrogens with one attached hydrogen (secondary N) is 1. The maximum Gasteiger partial charge on any atom is 0.271 e. The van der Waals surface area contributed by atoms with E-state index in [4.69, 9.17) is 0 Å². The first-order valence-electron chi connectivity index (χ1n) is 8.95. The number of carbonyl (C=O) groups is 1. The average molecular weight is 338 g/mol. The fourth-order valence-electron chi connectivity index (χ4n) is 3.73. The summed E-state index contributed by atoms with van der Waals surface area (Å²) in [4.78, 5) is 22.7. The third-order valence-electron chi connectivity index (χ3n) is 4.69. The largest absolute Gasteiger partial charge is 0.347 e. The zero-order valence-electron chi connectivity index (χ0n) is 15.0. The number of amides is 1. The van der Waals surface area contributed by atoms with Gasteiger partial charge in [0.2, 0.25) is 0 Å². The minimum Gasteiger partial charge on any atom is -0.347 e. The Hall–Kier alpha value is -2.27. The van der Waals surface area contributed by atoms with Gasteiger partial charge in [0.25, 0.3) is 5.91 Å². The van der Waals surface area contributed by atoms with E-state index >= 15 is 0 Å². The summed E-state index contributed by atoms with van der Waals surface area (Å²) in [6.07, 6.45) is 5.89. The molecule has 1 aromatic heterocycles. The van der Waals surface area contributed by atoms with Crippen molar-refractivity contribution in [1.29, 1.82) is 0 Å². The summed E-state index contributed by atoms with van der Waals surface area (Å²) in [5.74, 6) is 1.29. The van der Waals surface area contributed by atoms with Crippen molar-refractivity contribution in [3.8, 4) is 0 Å². The molecule has 0 aliphatic carbocycles. The van der Waals surface area contributed by atoms with Crippen LogP contribution in [0, 0.1) is 11.8 Å². The molecule has 2 heterocycles. The molecule has 2 aromatic rings. The summed E-state index contributed by atoms with van der Waals surface area (Å²) in [6.45, 7) is 8.39. The Morgan fingerprint density at radius 1 is 1.16 bits per heavy atom. The number of aromatic nitrogens is 2. The van der Waals surface area contributed by atoms with Crippen molar-refractivity contribution in [2.75, 3.05) is 13.1 Å². The Kier molecular flexibility index (Phi) is 5.76. The van der Waals surface area contributed by atoms with Crippen LogP contribution in [-0.2, 0) is 13.1 Å². The van der Waals surface area contributed by atoms with E-state index in [0.717, 1.165) is 37.0 Å². The number of rotatable bonds is 5. The van der Waals surface area contributed by atoms with Crippen molar-refractivity contribution in [3.63, 3.8) is 0 Å². The molecule has 0 radical (unpaired) electrons. The quantitative estimate of drug-likeness (QED) is 0.911. The summed E-state index contributed by atoms with van der Waals surface area (Å²) in [7, 11) is 0. The molecule has 5 nitrogen and oxygen atoms in total. The molecular weight excluding hydrogens is 312 g/mol. The zero-order valence-corrected chi connectivity index (χ0v) is 15.0. The van der Waals surface area contributed by atoms with Crippen molar-refractivity contribution in [1.82, 2.24) is 20.2 Å². The van der Waals surface area contributed by atoms with Crippen LogP contribution < -0.4 is 5.32 Å². The normalized spacial score (nSPS) is 21.0. The van der Waals surface area contributed by atoms with E-state index in [9.17, 15) is 4.79 Å². The lowest BCUT2D eigenvalue weighted by Crippen LogP contribution is -2.38. The molecule has 5 heteroatoms. The molecule has 2 atom stereocenters. The Morgan fingerprint density at radius 2 is 1.88 bits per heavy atom. The Labute approximate surface area is 149 Å². The lowest BCUT2D eigenvalue weighted by molar-refractivity contribution is 0.0945. The van der Waals surface area contributed by atoms with Gasteiger partial charge in [-0.25, -0.2) is 4.98 Å². The summed E-state index contributed by atoms with van der Waals surface area (Å²) in [5.41, 5.74) is 2.78. The van der Waals surface area contributed by atoms with Crippen molar-refractivity contribution in [3.05, 3.63) is 59.7 Å². The number of benzene rings is 1. The lowest BCUT2D eigenvalue weighted by atomic mass is 9.91. The van der Waals surface area contributed by atoms with Gasteiger partial charge in [0, 0.05) is 38.6 Å². The highest BCUT2D eigenvalue weighted by atomic mass is 16.1. The first kappa shape index (κ1) is 17.5. The highest BCUT2D eigenvalue weighted by Crippen LogP contribution is 2.23. The molecule has 1 amide bonds. The second-order valence-electron chi connectivity index (χ2n) is 7.18. The summed E-state index contributed by atoms with van der Waals surface area (Å²) in [6, 6.07) is 8.34. The van der Waals surface area contributed by atoms with E-state index < -0.39 is 0 Å². The van der Waals surface area contributed by atoms with Gasteiger partial charge in [0.05, 0.1) is 6.20 Å².